The highest BCUT2D eigenvalue weighted by Gasteiger charge is 2.32. The number of nitrogens with one attached hydrogen (secondary N) is 1. The van der Waals surface area contributed by atoms with Crippen molar-refractivity contribution in [2.24, 2.45) is 11.0 Å². The molecule has 0 saturated carbocycles. The van der Waals surface area contributed by atoms with E-state index in [1.807, 2.05) is 6.92 Å². The molecule has 154 valence electrons. The summed E-state index contributed by atoms with van der Waals surface area (Å²) in [6.07, 6.45) is 2.08. The molecule has 0 bridgehead atoms. The fourth-order valence-electron chi connectivity index (χ4n) is 3.12. The van der Waals surface area contributed by atoms with Crippen LogP contribution >= 0.6 is 0 Å². The van der Waals surface area contributed by atoms with Gasteiger partial charge in [0.15, 0.2) is 0 Å². The summed E-state index contributed by atoms with van der Waals surface area (Å²) in [7, 11) is -3.57. The Kier molecular flexibility index (Phi) is 6.19. The summed E-state index contributed by atoms with van der Waals surface area (Å²) in [4.78, 5) is 12.5. The summed E-state index contributed by atoms with van der Waals surface area (Å²) < 4.78 is 26.8. The number of amides is 1. The van der Waals surface area contributed by atoms with E-state index in [-0.39, 0.29) is 41.3 Å². The van der Waals surface area contributed by atoms with Crippen LogP contribution in [0.1, 0.15) is 24.0 Å². The topological polar surface area (TPSA) is 119 Å². The van der Waals surface area contributed by atoms with Crippen LogP contribution in [0.25, 0.3) is 0 Å². The molecule has 0 atom stereocenters. The summed E-state index contributed by atoms with van der Waals surface area (Å²) in [5.74, 6) is -0.870. The number of rotatable bonds is 5. The molecule has 0 aliphatic carbocycles. The van der Waals surface area contributed by atoms with Crippen LogP contribution in [0, 0.1) is 12.8 Å². The molecule has 0 radical (unpaired) electrons. The van der Waals surface area contributed by atoms with Crippen molar-refractivity contribution in [1.82, 2.24) is 9.73 Å². The zero-order valence-electron chi connectivity index (χ0n) is 15.9. The van der Waals surface area contributed by atoms with Crippen molar-refractivity contribution in [3.8, 4) is 11.5 Å². The van der Waals surface area contributed by atoms with Gasteiger partial charge in [-0.2, -0.15) is 9.41 Å². The Bertz CT molecular complexity index is 1010. The predicted octanol–water partition coefficient (Wildman–Crippen LogP) is 1.96. The lowest BCUT2D eigenvalue weighted by molar-refractivity contribution is -0.126. The van der Waals surface area contributed by atoms with Gasteiger partial charge in [0.05, 0.1) is 11.1 Å². The second-order valence-electron chi connectivity index (χ2n) is 6.97. The molecule has 0 aromatic heterocycles. The molecule has 0 unspecified atom stereocenters. The van der Waals surface area contributed by atoms with Gasteiger partial charge in [0.1, 0.15) is 11.5 Å². The first kappa shape index (κ1) is 20.8. The van der Waals surface area contributed by atoms with Gasteiger partial charge in [-0.15, -0.1) is 0 Å². The van der Waals surface area contributed by atoms with Crippen LogP contribution in [0.3, 0.4) is 0 Å². The largest absolute Gasteiger partial charge is 0.508 e. The number of carbonyl (C=O) groups is 1. The highest BCUT2D eigenvalue weighted by Crippen LogP contribution is 2.24. The van der Waals surface area contributed by atoms with Crippen molar-refractivity contribution >= 4 is 22.1 Å². The van der Waals surface area contributed by atoms with E-state index in [4.69, 9.17) is 0 Å². The maximum atomic E-state index is 12.7. The lowest BCUT2D eigenvalue weighted by atomic mass is 9.98. The highest BCUT2D eigenvalue weighted by molar-refractivity contribution is 7.89. The smallest absolute Gasteiger partial charge is 0.243 e. The van der Waals surface area contributed by atoms with Gasteiger partial charge in [0.25, 0.3) is 0 Å². The number of benzene rings is 2. The zero-order valence-corrected chi connectivity index (χ0v) is 16.8. The van der Waals surface area contributed by atoms with Gasteiger partial charge >= 0.3 is 0 Å². The molecule has 1 saturated heterocycles. The SMILES string of the molecule is Cc1ccc(S(=O)(=O)N2CCC(C(=O)NN=Cc3ccc(O)cc3O)CC2)cc1. The van der Waals surface area contributed by atoms with E-state index in [0.29, 0.717) is 18.4 Å². The third-order valence-electron chi connectivity index (χ3n) is 4.88. The van der Waals surface area contributed by atoms with Gasteiger partial charge < -0.3 is 10.2 Å². The van der Waals surface area contributed by atoms with E-state index < -0.39 is 10.0 Å². The number of phenols is 2. The van der Waals surface area contributed by atoms with E-state index in [9.17, 15) is 23.4 Å². The van der Waals surface area contributed by atoms with Crippen molar-refractivity contribution < 1.29 is 23.4 Å². The summed E-state index contributed by atoms with van der Waals surface area (Å²) in [5, 5.41) is 22.8. The maximum absolute atomic E-state index is 12.7. The molecule has 8 nitrogen and oxygen atoms in total. The molecule has 1 aliphatic rings. The Balaban J connectivity index is 1.55. The second-order valence-corrected chi connectivity index (χ2v) is 8.91. The molecule has 1 heterocycles. The Hall–Kier alpha value is -2.91. The normalized spacial score (nSPS) is 16.2. The number of phenolic OH excluding ortho intramolecular Hbond substituents is 2. The quantitative estimate of drug-likeness (QED) is 0.507. The van der Waals surface area contributed by atoms with Gasteiger partial charge in [0.2, 0.25) is 15.9 Å². The number of nitrogens with zero attached hydrogens (tertiary/aromatic N) is 2. The molecule has 2 aromatic rings. The lowest BCUT2D eigenvalue weighted by Crippen LogP contribution is -2.42. The van der Waals surface area contributed by atoms with E-state index in [0.717, 1.165) is 5.56 Å². The van der Waals surface area contributed by atoms with E-state index in [2.05, 4.69) is 10.5 Å². The van der Waals surface area contributed by atoms with Gasteiger partial charge in [-0.25, -0.2) is 13.8 Å². The van der Waals surface area contributed by atoms with Crippen molar-refractivity contribution in [3.63, 3.8) is 0 Å². The summed E-state index contributed by atoms with van der Waals surface area (Å²) in [6, 6.07) is 10.7. The van der Waals surface area contributed by atoms with Crippen LogP contribution < -0.4 is 5.43 Å². The Morgan fingerprint density at radius 3 is 2.41 bits per heavy atom. The molecule has 1 amide bonds. The molecular weight excluding hydrogens is 394 g/mol. The van der Waals surface area contributed by atoms with E-state index in [1.165, 1.54) is 28.7 Å². The molecule has 29 heavy (non-hydrogen) atoms. The van der Waals surface area contributed by atoms with Gasteiger partial charge in [-0.05, 0) is 44.0 Å². The van der Waals surface area contributed by atoms with E-state index >= 15 is 0 Å². The molecule has 3 N–H and O–H groups in total. The molecule has 9 heteroatoms. The molecule has 2 aromatic carbocycles. The second kappa shape index (κ2) is 8.62. The number of hydrogen-bond donors (Lipinski definition) is 3. The van der Waals surface area contributed by atoms with Crippen LogP contribution in [0.15, 0.2) is 52.5 Å². The minimum absolute atomic E-state index is 0.0731. The van der Waals surface area contributed by atoms with Crippen LogP contribution in [-0.2, 0) is 14.8 Å². The van der Waals surface area contributed by atoms with Crippen molar-refractivity contribution in [2.75, 3.05) is 13.1 Å². The summed E-state index contributed by atoms with van der Waals surface area (Å²) >= 11 is 0. The van der Waals surface area contributed by atoms with Crippen LogP contribution in [0.4, 0.5) is 0 Å². The van der Waals surface area contributed by atoms with Crippen molar-refractivity contribution in [1.29, 1.82) is 0 Å². The monoisotopic (exact) mass is 417 g/mol. The number of piperidine rings is 1. The number of hydrazone groups is 1. The number of aryl methyl sites for hydroxylation is 1. The number of sulfonamides is 1. The predicted molar refractivity (Wildman–Crippen MR) is 108 cm³/mol. The van der Waals surface area contributed by atoms with Crippen LogP contribution in [0.5, 0.6) is 11.5 Å². The molecule has 1 aliphatic heterocycles. The zero-order chi connectivity index (χ0) is 21.0. The first-order valence-corrected chi connectivity index (χ1v) is 10.6. The Morgan fingerprint density at radius 1 is 1.14 bits per heavy atom. The van der Waals surface area contributed by atoms with Crippen LogP contribution in [0.2, 0.25) is 0 Å². The van der Waals surface area contributed by atoms with E-state index in [1.54, 1.807) is 24.3 Å². The standard InChI is InChI=1S/C20H23N3O5S/c1-14-2-6-18(7-3-14)29(27,28)23-10-8-15(9-11-23)20(26)22-21-13-16-4-5-17(24)12-19(16)25/h2-7,12-13,15,24-25H,8-11H2,1H3,(H,22,26). The highest BCUT2D eigenvalue weighted by atomic mass is 32.2. The summed E-state index contributed by atoms with van der Waals surface area (Å²) in [6.45, 7) is 2.42. The molecular formula is C20H23N3O5S. The molecule has 1 fully saturated rings. The third kappa shape index (κ3) is 4.93. The molecule has 0 spiro atoms. The van der Waals surface area contributed by atoms with Crippen molar-refractivity contribution in [3.05, 3.63) is 53.6 Å². The Labute approximate surface area is 169 Å². The average Bonchev–Trinajstić information content (AvgIpc) is 2.70. The summed E-state index contributed by atoms with van der Waals surface area (Å²) in [5.41, 5.74) is 3.76. The molecule has 3 rings (SSSR count). The lowest BCUT2D eigenvalue weighted by Gasteiger charge is -2.30. The number of carbonyl (C=O) groups excluding carboxylic acids is 1. The number of hydrogen-bond acceptors (Lipinski definition) is 6. The number of aromatic hydroxyl groups is 2. The fraction of sp³-hybridized carbons (Fsp3) is 0.300. The van der Waals surface area contributed by atoms with Crippen molar-refractivity contribution in [2.45, 2.75) is 24.7 Å². The van der Waals surface area contributed by atoms with Gasteiger partial charge in [0, 0.05) is 30.6 Å². The van der Waals surface area contributed by atoms with Crippen LogP contribution in [-0.4, -0.2) is 48.1 Å². The fourth-order valence-corrected chi connectivity index (χ4v) is 4.59. The maximum Gasteiger partial charge on any atom is 0.243 e. The van der Waals surface area contributed by atoms with Gasteiger partial charge in [-0.3, -0.25) is 4.79 Å². The Morgan fingerprint density at radius 2 is 1.79 bits per heavy atom. The third-order valence-corrected chi connectivity index (χ3v) is 6.79. The average molecular weight is 417 g/mol. The minimum atomic E-state index is -3.57. The first-order valence-electron chi connectivity index (χ1n) is 9.19. The minimum Gasteiger partial charge on any atom is -0.508 e. The first-order chi connectivity index (χ1) is 13.8. The van der Waals surface area contributed by atoms with Gasteiger partial charge in [-0.1, -0.05) is 17.7 Å².